The van der Waals surface area contributed by atoms with Crippen molar-refractivity contribution in [2.75, 3.05) is 19.6 Å². The lowest BCUT2D eigenvalue weighted by Gasteiger charge is -2.36. The van der Waals surface area contributed by atoms with E-state index in [9.17, 15) is 4.79 Å². The summed E-state index contributed by atoms with van der Waals surface area (Å²) in [5.41, 5.74) is 3.97. The number of hydrogen-bond donors (Lipinski definition) is 1. The lowest BCUT2D eigenvalue weighted by atomic mass is 9.85. The molecule has 1 amide bonds. The second kappa shape index (κ2) is 7.93. The van der Waals surface area contributed by atoms with Crippen molar-refractivity contribution in [2.24, 2.45) is 0 Å². The summed E-state index contributed by atoms with van der Waals surface area (Å²) in [6.07, 6.45) is 2.00. The summed E-state index contributed by atoms with van der Waals surface area (Å²) in [6, 6.07) is 11.1. The summed E-state index contributed by atoms with van der Waals surface area (Å²) >= 11 is 1.81. The topological polar surface area (TPSA) is 32.3 Å². The van der Waals surface area contributed by atoms with Crippen molar-refractivity contribution < 1.29 is 4.79 Å². The average Bonchev–Trinajstić information content (AvgIpc) is 3.09. The molecule has 0 saturated heterocycles. The minimum Gasteiger partial charge on any atom is -0.330 e. The Balaban J connectivity index is 1.90. The summed E-state index contributed by atoms with van der Waals surface area (Å²) in [7, 11) is 0. The maximum absolute atomic E-state index is 12.9. The maximum atomic E-state index is 12.9. The third-order valence-corrected chi connectivity index (χ3v) is 6.08. The summed E-state index contributed by atoms with van der Waals surface area (Å²) < 4.78 is 0. The summed E-state index contributed by atoms with van der Waals surface area (Å²) in [5, 5.41) is 5.42. The average molecular weight is 371 g/mol. The van der Waals surface area contributed by atoms with Crippen LogP contribution in [0.5, 0.6) is 0 Å². The quantitative estimate of drug-likeness (QED) is 0.785. The Morgan fingerprint density at radius 1 is 1.23 bits per heavy atom. The van der Waals surface area contributed by atoms with Gasteiger partial charge in [-0.05, 0) is 52.9 Å². The number of carbonyl (C=O) groups is 1. The van der Waals surface area contributed by atoms with Gasteiger partial charge >= 0.3 is 0 Å². The van der Waals surface area contributed by atoms with Crippen LogP contribution in [0.25, 0.3) is 0 Å². The Morgan fingerprint density at radius 2 is 1.96 bits per heavy atom. The van der Waals surface area contributed by atoms with Crippen LogP contribution in [0.2, 0.25) is 0 Å². The van der Waals surface area contributed by atoms with Crippen LogP contribution in [0.15, 0.2) is 35.7 Å². The van der Waals surface area contributed by atoms with Gasteiger partial charge in [0.05, 0.1) is 12.6 Å². The van der Waals surface area contributed by atoms with Crippen molar-refractivity contribution in [3.8, 4) is 0 Å². The standard InChI is InChI=1S/C22H30N2OS/c1-5-12-23-15-20(25)24-13-10-19-18(11-14-26-19)21(24)16-6-8-17(9-7-16)22(2,3)4/h6-9,11,14,21,23H,5,10,12-13,15H2,1-4H3. The van der Waals surface area contributed by atoms with E-state index in [1.54, 1.807) is 0 Å². The largest absolute Gasteiger partial charge is 0.330 e. The van der Waals surface area contributed by atoms with Gasteiger partial charge in [-0.2, -0.15) is 0 Å². The monoisotopic (exact) mass is 370 g/mol. The Kier molecular flexibility index (Phi) is 5.83. The van der Waals surface area contributed by atoms with E-state index < -0.39 is 0 Å². The molecule has 2 aromatic rings. The first-order valence-electron chi connectivity index (χ1n) is 9.58. The van der Waals surface area contributed by atoms with Gasteiger partial charge in [0.15, 0.2) is 0 Å². The third-order valence-electron chi connectivity index (χ3n) is 5.08. The van der Waals surface area contributed by atoms with Gasteiger partial charge in [0.1, 0.15) is 0 Å². The van der Waals surface area contributed by atoms with Crippen molar-refractivity contribution in [2.45, 2.75) is 52.0 Å². The van der Waals surface area contributed by atoms with Crippen molar-refractivity contribution in [1.29, 1.82) is 0 Å². The molecule has 0 fully saturated rings. The van der Waals surface area contributed by atoms with Gasteiger partial charge < -0.3 is 10.2 Å². The lowest BCUT2D eigenvalue weighted by molar-refractivity contribution is -0.132. The van der Waals surface area contributed by atoms with Crippen LogP contribution < -0.4 is 5.32 Å². The number of hydrogen-bond acceptors (Lipinski definition) is 3. The minimum atomic E-state index is 0.0370. The van der Waals surface area contributed by atoms with Gasteiger partial charge in [-0.25, -0.2) is 0 Å². The molecule has 3 rings (SSSR count). The second-order valence-electron chi connectivity index (χ2n) is 8.09. The molecule has 1 unspecified atom stereocenters. The number of thiophene rings is 1. The molecule has 1 aromatic carbocycles. The minimum absolute atomic E-state index is 0.0370. The van der Waals surface area contributed by atoms with E-state index in [1.807, 2.05) is 11.3 Å². The first-order chi connectivity index (χ1) is 12.4. The molecule has 140 valence electrons. The number of benzene rings is 1. The summed E-state index contributed by atoms with van der Waals surface area (Å²) in [5.74, 6) is 0.195. The molecule has 0 aliphatic carbocycles. The lowest BCUT2D eigenvalue weighted by Crippen LogP contribution is -2.44. The van der Waals surface area contributed by atoms with Crippen molar-refractivity contribution in [3.05, 3.63) is 57.3 Å². The predicted molar refractivity (Wildman–Crippen MR) is 110 cm³/mol. The van der Waals surface area contributed by atoms with Crippen LogP contribution in [0.1, 0.15) is 61.7 Å². The van der Waals surface area contributed by atoms with Crippen LogP contribution in [0.4, 0.5) is 0 Å². The van der Waals surface area contributed by atoms with E-state index >= 15 is 0 Å². The van der Waals surface area contributed by atoms with Crippen LogP contribution in [-0.2, 0) is 16.6 Å². The molecule has 2 heterocycles. The fraction of sp³-hybridized carbons (Fsp3) is 0.500. The van der Waals surface area contributed by atoms with Crippen LogP contribution in [0, 0.1) is 0 Å². The van der Waals surface area contributed by atoms with Gasteiger partial charge in [0, 0.05) is 11.4 Å². The Morgan fingerprint density at radius 3 is 2.62 bits per heavy atom. The molecule has 3 nitrogen and oxygen atoms in total. The smallest absolute Gasteiger partial charge is 0.237 e. The predicted octanol–water partition coefficient (Wildman–Crippen LogP) is 4.52. The van der Waals surface area contributed by atoms with E-state index in [-0.39, 0.29) is 17.4 Å². The number of nitrogens with zero attached hydrogens (tertiary/aromatic N) is 1. The number of rotatable bonds is 5. The molecular formula is C22H30N2OS. The zero-order valence-corrected chi connectivity index (χ0v) is 17.2. The number of nitrogens with one attached hydrogen (secondary N) is 1. The molecule has 0 saturated carbocycles. The Hall–Kier alpha value is -1.65. The highest BCUT2D eigenvalue weighted by Crippen LogP contribution is 2.38. The van der Waals surface area contributed by atoms with E-state index in [1.165, 1.54) is 21.6 Å². The molecule has 1 aliphatic rings. The van der Waals surface area contributed by atoms with E-state index in [0.29, 0.717) is 6.54 Å². The van der Waals surface area contributed by atoms with E-state index in [2.05, 4.69) is 73.6 Å². The second-order valence-corrected chi connectivity index (χ2v) is 9.09. The van der Waals surface area contributed by atoms with Crippen LogP contribution in [-0.4, -0.2) is 30.4 Å². The highest BCUT2D eigenvalue weighted by atomic mass is 32.1. The number of fused-ring (bicyclic) bond motifs is 1. The molecule has 1 N–H and O–H groups in total. The van der Waals surface area contributed by atoms with Gasteiger partial charge in [-0.15, -0.1) is 11.3 Å². The number of carbonyl (C=O) groups excluding carboxylic acids is 1. The molecule has 1 atom stereocenters. The van der Waals surface area contributed by atoms with E-state index in [0.717, 1.165) is 25.9 Å². The zero-order valence-electron chi connectivity index (χ0n) is 16.3. The first kappa shape index (κ1) is 19.1. The zero-order chi connectivity index (χ0) is 18.7. The van der Waals surface area contributed by atoms with Gasteiger partial charge in [0.2, 0.25) is 5.91 Å². The van der Waals surface area contributed by atoms with Crippen LogP contribution in [0.3, 0.4) is 0 Å². The fourth-order valence-electron chi connectivity index (χ4n) is 3.58. The fourth-order valence-corrected chi connectivity index (χ4v) is 4.49. The molecule has 4 heteroatoms. The molecule has 1 aromatic heterocycles. The molecule has 26 heavy (non-hydrogen) atoms. The van der Waals surface area contributed by atoms with Crippen molar-refractivity contribution in [1.82, 2.24) is 10.2 Å². The molecule has 1 aliphatic heterocycles. The summed E-state index contributed by atoms with van der Waals surface area (Å²) in [4.78, 5) is 16.4. The molecule has 0 radical (unpaired) electrons. The summed E-state index contributed by atoms with van der Waals surface area (Å²) in [6.45, 7) is 10.9. The maximum Gasteiger partial charge on any atom is 0.237 e. The first-order valence-corrected chi connectivity index (χ1v) is 10.5. The van der Waals surface area contributed by atoms with Gasteiger partial charge in [-0.1, -0.05) is 52.0 Å². The van der Waals surface area contributed by atoms with E-state index in [4.69, 9.17) is 0 Å². The molecular weight excluding hydrogens is 340 g/mol. The van der Waals surface area contributed by atoms with Crippen LogP contribution >= 0.6 is 11.3 Å². The highest BCUT2D eigenvalue weighted by molar-refractivity contribution is 7.10. The van der Waals surface area contributed by atoms with Crippen molar-refractivity contribution in [3.63, 3.8) is 0 Å². The SMILES string of the molecule is CCCNCC(=O)N1CCc2sccc2C1c1ccc(C(C)(C)C)cc1. The third kappa shape index (κ3) is 4.02. The van der Waals surface area contributed by atoms with Crippen molar-refractivity contribution >= 4 is 17.2 Å². The normalized spacial score (nSPS) is 17.2. The van der Waals surface area contributed by atoms with Gasteiger partial charge in [0.25, 0.3) is 0 Å². The highest BCUT2D eigenvalue weighted by Gasteiger charge is 2.32. The van der Waals surface area contributed by atoms with Gasteiger partial charge in [-0.3, -0.25) is 4.79 Å². The Bertz CT molecular complexity index is 742. The number of amides is 1. The Labute approximate surface area is 161 Å². The molecule has 0 bridgehead atoms. The molecule has 0 spiro atoms.